The Labute approximate surface area is 247 Å². The number of carbonyl (C=O) groups excluding carboxylic acids is 2. The average Bonchev–Trinajstić information content (AvgIpc) is 2.86. The quantitative estimate of drug-likeness (QED) is 0.326. The summed E-state index contributed by atoms with van der Waals surface area (Å²) >= 11 is 12.4. The molecule has 3 rings (SSSR count). The van der Waals surface area contributed by atoms with Crippen LogP contribution in [0.4, 0.5) is 5.69 Å². The molecule has 0 radical (unpaired) electrons. The molecule has 1 unspecified atom stereocenters. The first-order chi connectivity index (χ1) is 18.7. The third kappa shape index (κ3) is 8.71. The molecule has 3 aromatic rings. The van der Waals surface area contributed by atoms with E-state index in [0.29, 0.717) is 26.9 Å². The number of para-hydroxylation sites is 1. The number of nitrogens with one attached hydrogen (secondary N) is 1. The smallest absolute Gasteiger partial charge is 0.244 e. The minimum atomic E-state index is -3.84. The maximum absolute atomic E-state index is 14.1. The molecule has 40 heavy (non-hydrogen) atoms. The number of sulfonamides is 1. The second-order valence-electron chi connectivity index (χ2n) is 10.8. The van der Waals surface area contributed by atoms with Gasteiger partial charge in [0.1, 0.15) is 12.6 Å². The summed E-state index contributed by atoms with van der Waals surface area (Å²) in [6.45, 7) is 6.88. The van der Waals surface area contributed by atoms with Crippen molar-refractivity contribution >= 4 is 50.7 Å². The summed E-state index contributed by atoms with van der Waals surface area (Å²) in [6.07, 6.45) is 1.28. The van der Waals surface area contributed by atoms with Gasteiger partial charge >= 0.3 is 0 Å². The molecule has 0 bridgehead atoms. The number of halogens is 2. The maximum Gasteiger partial charge on any atom is 0.244 e. The summed E-state index contributed by atoms with van der Waals surface area (Å²) in [5.74, 6) is -0.892. The van der Waals surface area contributed by atoms with Crippen LogP contribution in [0.1, 0.15) is 37.5 Å². The number of anilines is 1. The van der Waals surface area contributed by atoms with Gasteiger partial charge in [-0.3, -0.25) is 13.9 Å². The van der Waals surface area contributed by atoms with Gasteiger partial charge in [0, 0.05) is 18.5 Å². The second-order valence-corrected chi connectivity index (χ2v) is 13.5. The third-order valence-corrected chi connectivity index (χ3v) is 8.04. The number of amides is 2. The minimum Gasteiger partial charge on any atom is -0.350 e. The zero-order valence-electron chi connectivity index (χ0n) is 23.3. The van der Waals surface area contributed by atoms with Crippen LogP contribution < -0.4 is 9.62 Å². The Hall–Kier alpha value is -3.07. The summed E-state index contributed by atoms with van der Waals surface area (Å²) < 4.78 is 26.9. The Bertz CT molecular complexity index is 1460. The fraction of sp³-hybridized carbons (Fsp3) is 0.333. The van der Waals surface area contributed by atoms with Crippen molar-refractivity contribution in [3.05, 3.63) is 99.5 Å². The van der Waals surface area contributed by atoms with Gasteiger partial charge in [-0.2, -0.15) is 0 Å². The zero-order valence-corrected chi connectivity index (χ0v) is 25.6. The minimum absolute atomic E-state index is 0.0101. The number of nitrogens with zero attached hydrogens (tertiary/aromatic N) is 2. The van der Waals surface area contributed by atoms with E-state index in [-0.39, 0.29) is 18.9 Å². The zero-order chi connectivity index (χ0) is 29.7. The topological polar surface area (TPSA) is 86.8 Å². The number of carbonyl (C=O) groups is 2. The van der Waals surface area contributed by atoms with E-state index in [4.69, 9.17) is 23.2 Å². The highest BCUT2D eigenvalue weighted by molar-refractivity contribution is 7.92. The second kappa shape index (κ2) is 13.1. The standard InChI is InChI=1S/C30H35Cl2N3O4S/c1-21-11-9-10-14-26(21)35(40(5,38)39)20-28(36)34(19-23-15-16-24(31)25(32)17-23)27(29(37)33-30(2,3)4)18-22-12-7-6-8-13-22/h6-17,27H,18-20H2,1-5H3,(H,33,37). The molecule has 7 nitrogen and oxygen atoms in total. The number of hydrogen-bond acceptors (Lipinski definition) is 4. The van der Waals surface area contributed by atoms with Crippen molar-refractivity contribution in [1.82, 2.24) is 10.2 Å². The van der Waals surface area contributed by atoms with Crippen molar-refractivity contribution in [2.75, 3.05) is 17.1 Å². The van der Waals surface area contributed by atoms with E-state index in [1.807, 2.05) is 51.1 Å². The molecule has 0 heterocycles. The molecule has 0 spiro atoms. The lowest BCUT2D eigenvalue weighted by atomic mass is 10.0. The van der Waals surface area contributed by atoms with Crippen LogP contribution in [0, 0.1) is 6.92 Å². The maximum atomic E-state index is 14.1. The summed E-state index contributed by atoms with van der Waals surface area (Å²) in [4.78, 5) is 29.3. The molecule has 214 valence electrons. The molecule has 3 aromatic carbocycles. The Morgan fingerprint density at radius 1 is 0.900 bits per heavy atom. The predicted octanol–water partition coefficient (Wildman–Crippen LogP) is 5.62. The number of hydrogen-bond donors (Lipinski definition) is 1. The van der Waals surface area contributed by atoms with Crippen molar-refractivity contribution in [2.45, 2.75) is 52.2 Å². The Balaban J connectivity index is 2.10. The first kappa shape index (κ1) is 31.5. The molecule has 0 fully saturated rings. The molecule has 1 atom stereocenters. The van der Waals surface area contributed by atoms with Crippen molar-refractivity contribution in [2.24, 2.45) is 0 Å². The van der Waals surface area contributed by atoms with Crippen LogP contribution in [0.15, 0.2) is 72.8 Å². The molecule has 0 aliphatic carbocycles. The lowest BCUT2D eigenvalue weighted by molar-refractivity contribution is -0.140. The first-order valence-corrected chi connectivity index (χ1v) is 15.4. The van der Waals surface area contributed by atoms with Crippen LogP contribution in [-0.4, -0.2) is 49.5 Å². The summed E-state index contributed by atoms with van der Waals surface area (Å²) in [7, 11) is -3.84. The lowest BCUT2D eigenvalue weighted by Crippen LogP contribution is -2.56. The molecule has 0 saturated carbocycles. The van der Waals surface area contributed by atoms with Crippen molar-refractivity contribution < 1.29 is 18.0 Å². The van der Waals surface area contributed by atoms with E-state index < -0.39 is 34.1 Å². The normalized spacial score (nSPS) is 12.5. The molecule has 0 saturated heterocycles. The van der Waals surface area contributed by atoms with E-state index in [1.54, 1.807) is 49.4 Å². The van der Waals surface area contributed by atoms with E-state index in [0.717, 1.165) is 16.1 Å². The summed E-state index contributed by atoms with van der Waals surface area (Å²) in [5.41, 5.74) is 2.02. The molecule has 0 aliphatic heterocycles. The Kier molecular flexibility index (Phi) is 10.3. The van der Waals surface area contributed by atoms with Gasteiger partial charge in [-0.25, -0.2) is 8.42 Å². The summed E-state index contributed by atoms with van der Waals surface area (Å²) in [5, 5.41) is 3.66. The SMILES string of the molecule is Cc1ccccc1N(CC(=O)N(Cc1ccc(Cl)c(Cl)c1)C(Cc1ccccc1)C(=O)NC(C)(C)C)S(C)(=O)=O. The van der Waals surface area contributed by atoms with Gasteiger partial charge in [-0.1, -0.05) is 77.8 Å². The highest BCUT2D eigenvalue weighted by Crippen LogP contribution is 2.26. The molecule has 0 aliphatic rings. The van der Waals surface area contributed by atoms with E-state index in [1.165, 1.54) is 4.90 Å². The van der Waals surface area contributed by atoms with Crippen LogP contribution in [-0.2, 0) is 32.6 Å². The van der Waals surface area contributed by atoms with Gasteiger partial charge in [0.05, 0.1) is 22.0 Å². The van der Waals surface area contributed by atoms with Gasteiger partial charge in [0.25, 0.3) is 0 Å². The molecule has 1 N–H and O–H groups in total. The third-order valence-electron chi connectivity index (χ3n) is 6.17. The Morgan fingerprint density at radius 2 is 1.52 bits per heavy atom. The number of benzene rings is 3. The number of aryl methyl sites for hydroxylation is 1. The molecular formula is C30H35Cl2N3O4S. The fourth-order valence-corrected chi connectivity index (χ4v) is 5.51. The fourth-order valence-electron chi connectivity index (χ4n) is 4.28. The van der Waals surface area contributed by atoms with Crippen LogP contribution >= 0.6 is 23.2 Å². The highest BCUT2D eigenvalue weighted by Gasteiger charge is 2.34. The van der Waals surface area contributed by atoms with Crippen LogP contribution in [0.2, 0.25) is 10.0 Å². The van der Waals surface area contributed by atoms with E-state index >= 15 is 0 Å². The predicted molar refractivity (Wildman–Crippen MR) is 162 cm³/mol. The van der Waals surface area contributed by atoms with Crippen molar-refractivity contribution in [3.8, 4) is 0 Å². The van der Waals surface area contributed by atoms with Gasteiger partial charge in [0.2, 0.25) is 21.8 Å². The van der Waals surface area contributed by atoms with Crippen molar-refractivity contribution in [3.63, 3.8) is 0 Å². The monoisotopic (exact) mass is 603 g/mol. The Morgan fingerprint density at radius 3 is 2.10 bits per heavy atom. The van der Waals surface area contributed by atoms with Crippen LogP contribution in [0.3, 0.4) is 0 Å². The molecular weight excluding hydrogens is 569 g/mol. The summed E-state index contributed by atoms with van der Waals surface area (Å²) in [6, 6.07) is 20.4. The first-order valence-electron chi connectivity index (χ1n) is 12.8. The van der Waals surface area contributed by atoms with Crippen LogP contribution in [0.25, 0.3) is 0 Å². The highest BCUT2D eigenvalue weighted by atomic mass is 35.5. The molecule has 10 heteroatoms. The number of rotatable bonds is 10. The largest absolute Gasteiger partial charge is 0.350 e. The van der Waals surface area contributed by atoms with Gasteiger partial charge in [0.15, 0.2) is 0 Å². The lowest BCUT2D eigenvalue weighted by Gasteiger charge is -2.35. The van der Waals surface area contributed by atoms with Gasteiger partial charge < -0.3 is 10.2 Å². The van der Waals surface area contributed by atoms with Crippen molar-refractivity contribution in [1.29, 1.82) is 0 Å². The van der Waals surface area contributed by atoms with E-state index in [9.17, 15) is 18.0 Å². The van der Waals surface area contributed by atoms with Crippen LogP contribution in [0.5, 0.6) is 0 Å². The van der Waals surface area contributed by atoms with Gasteiger partial charge in [-0.05, 0) is 62.6 Å². The average molecular weight is 605 g/mol. The van der Waals surface area contributed by atoms with Gasteiger partial charge in [-0.15, -0.1) is 0 Å². The molecule has 2 amide bonds. The van der Waals surface area contributed by atoms with E-state index in [2.05, 4.69) is 5.32 Å². The molecule has 0 aromatic heterocycles.